The predicted octanol–water partition coefficient (Wildman–Crippen LogP) is 5.34. The first kappa shape index (κ1) is 22.4. The van der Waals surface area contributed by atoms with Gasteiger partial charge in [0.2, 0.25) is 0 Å². The second-order valence-electron chi connectivity index (χ2n) is 7.15. The molecule has 0 unspecified atom stereocenters. The molecule has 1 N–H and O–H groups in total. The van der Waals surface area contributed by atoms with E-state index in [9.17, 15) is 13.2 Å². The van der Waals surface area contributed by atoms with E-state index in [1.807, 2.05) is 36.6 Å². The molecule has 164 valence electrons. The number of aromatic nitrogens is 1. The third-order valence-corrected chi connectivity index (χ3v) is 7.81. The van der Waals surface area contributed by atoms with Crippen LogP contribution in [0.25, 0.3) is 10.2 Å². The van der Waals surface area contributed by atoms with Crippen LogP contribution in [0.3, 0.4) is 0 Å². The summed E-state index contributed by atoms with van der Waals surface area (Å²) in [5.41, 5.74) is 2.75. The highest BCUT2D eigenvalue weighted by Gasteiger charge is 2.14. The van der Waals surface area contributed by atoms with E-state index in [4.69, 9.17) is 0 Å². The van der Waals surface area contributed by atoms with E-state index in [0.717, 1.165) is 20.3 Å². The highest BCUT2D eigenvalue weighted by atomic mass is 79.9. The molecule has 1 aromatic heterocycles. The van der Waals surface area contributed by atoms with Crippen molar-refractivity contribution in [3.05, 3.63) is 87.1 Å². The summed E-state index contributed by atoms with van der Waals surface area (Å²) in [5.74, 6) is -0.384. The lowest BCUT2D eigenvalue weighted by molar-refractivity contribution is 0.0998. The van der Waals surface area contributed by atoms with Gasteiger partial charge in [-0.15, -0.1) is 0 Å². The molecule has 0 radical (unpaired) electrons. The van der Waals surface area contributed by atoms with Crippen LogP contribution in [-0.4, -0.2) is 18.9 Å². The number of nitrogens with one attached hydrogen (secondary N) is 1. The Morgan fingerprint density at radius 1 is 1.06 bits per heavy atom. The SMILES string of the molecule is CCn1c(=NC(=O)c2ccc(NS(=O)(=O)c3ccc(C)cc3)cc2)sc2cc(Br)ccc21. The molecule has 1 heterocycles. The van der Waals surface area contributed by atoms with Gasteiger partial charge in [0.15, 0.2) is 4.80 Å². The molecule has 0 aliphatic heterocycles. The molecule has 9 heteroatoms. The number of benzene rings is 3. The molecule has 0 saturated heterocycles. The lowest BCUT2D eigenvalue weighted by atomic mass is 10.2. The Balaban J connectivity index is 1.59. The largest absolute Gasteiger partial charge is 0.317 e. The van der Waals surface area contributed by atoms with E-state index in [2.05, 4.69) is 25.6 Å². The molecular weight excluding hydrogens is 510 g/mol. The number of hydrogen-bond acceptors (Lipinski definition) is 4. The number of aryl methyl sites for hydroxylation is 2. The molecule has 0 aliphatic rings. The summed E-state index contributed by atoms with van der Waals surface area (Å²) in [4.78, 5) is 17.9. The van der Waals surface area contributed by atoms with E-state index in [1.165, 1.54) is 11.3 Å². The zero-order valence-corrected chi connectivity index (χ0v) is 20.6. The van der Waals surface area contributed by atoms with E-state index < -0.39 is 10.0 Å². The van der Waals surface area contributed by atoms with Gasteiger partial charge in [-0.2, -0.15) is 4.99 Å². The number of sulfonamides is 1. The summed E-state index contributed by atoms with van der Waals surface area (Å²) in [6.07, 6.45) is 0. The number of carbonyl (C=O) groups is 1. The molecule has 3 aromatic carbocycles. The van der Waals surface area contributed by atoms with E-state index in [-0.39, 0.29) is 10.8 Å². The predicted molar refractivity (Wildman–Crippen MR) is 132 cm³/mol. The first-order valence-corrected chi connectivity index (χ1v) is 12.9. The van der Waals surface area contributed by atoms with Gasteiger partial charge in [0.05, 0.1) is 15.1 Å². The van der Waals surface area contributed by atoms with Crippen molar-refractivity contribution in [2.24, 2.45) is 4.99 Å². The van der Waals surface area contributed by atoms with Crippen LogP contribution in [0.2, 0.25) is 0 Å². The number of hydrogen-bond donors (Lipinski definition) is 1. The van der Waals surface area contributed by atoms with Crippen LogP contribution >= 0.6 is 27.3 Å². The van der Waals surface area contributed by atoms with E-state index in [1.54, 1.807) is 48.5 Å². The minimum Gasteiger partial charge on any atom is -0.317 e. The number of rotatable bonds is 5. The normalized spacial score (nSPS) is 12.3. The monoisotopic (exact) mass is 529 g/mol. The Morgan fingerprint density at radius 2 is 1.75 bits per heavy atom. The molecule has 0 atom stereocenters. The van der Waals surface area contributed by atoms with Gasteiger partial charge in [-0.05, 0) is 68.4 Å². The molecule has 6 nitrogen and oxygen atoms in total. The van der Waals surface area contributed by atoms with Crippen molar-refractivity contribution in [2.75, 3.05) is 4.72 Å². The van der Waals surface area contributed by atoms with Gasteiger partial charge in [0.25, 0.3) is 15.9 Å². The maximum absolute atomic E-state index is 12.8. The number of halogens is 1. The van der Waals surface area contributed by atoms with Crippen molar-refractivity contribution in [1.82, 2.24) is 4.57 Å². The van der Waals surface area contributed by atoms with Gasteiger partial charge in [-0.25, -0.2) is 8.42 Å². The molecular formula is C23H20BrN3O3S2. The Kier molecular flexibility index (Phi) is 6.32. The topological polar surface area (TPSA) is 80.5 Å². The van der Waals surface area contributed by atoms with Crippen molar-refractivity contribution in [3.63, 3.8) is 0 Å². The number of nitrogens with zero attached hydrogens (tertiary/aromatic N) is 2. The molecule has 4 rings (SSSR count). The molecule has 32 heavy (non-hydrogen) atoms. The van der Waals surface area contributed by atoms with E-state index >= 15 is 0 Å². The summed E-state index contributed by atoms with van der Waals surface area (Å²) in [6, 6.07) is 18.8. The third-order valence-electron chi connectivity index (χ3n) is 4.87. The average Bonchev–Trinajstić information content (AvgIpc) is 3.10. The van der Waals surface area contributed by atoms with Gasteiger partial charge in [-0.1, -0.05) is 45.0 Å². The van der Waals surface area contributed by atoms with Gasteiger partial charge in [-0.3, -0.25) is 9.52 Å². The second-order valence-corrected chi connectivity index (χ2v) is 10.8. The fraction of sp³-hybridized carbons (Fsp3) is 0.130. The van der Waals surface area contributed by atoms with Crippen LogP contribution in [0.1, 0.15) is 22.8 Å². The number of anilines is 1. The second kappa shape index (κ2) is 9.01. The zero-order chi connectivity index (χ0) is 22.9. The lowest BCUT2D eigenvalue weighted by Crippen LogP contribution is -2.16. The van der Waals surface area contributed by atoms with Gasteiger partial charge < -0.3 is 4.57 Å². The first-order chi connectivity index (χ1) is 15.3. The molecule has 0 saturated carbocycles. The van der Waals surface area contributed by atoms with Crippen molar-refractivity contribution in [2.45, 2.75) is 25.3 Å². The van der Waals surface area contributed by atoms with Crippen LogP contribution in [0.4, 0.5) is 5.69 Å². The quantitative estimate of drug-likeness (QED) is 0.379. The Labute approximate surface area is 198 Å². The summed E-state index contributed by atoms with van der Waals surface area (Å²) < 4.78 is 31.6. The van der Waals surface area contributed by atoms with Crippen LogP contribution < -0.4 is 9.52 Å². The number of amides is 1. The van der Waals surface area contributed by atoms with E-state index in [0.29, 0.717) is 22.6 Å². The van der Waals surface area contributed by atoms with Crippen molar-refractivity contribution >= 4 is 59.1 Å². The highest BCUT2D eigenvalue weighted by Crippen LogP contribution is 2.22. The van der Waals surface area contributed by atoms with Crippen LogP contribution in [0.15, 0.2) is 81.1 Å². The smallest absolute Gasteiger partial charge is 0.279 e. The van der Waals surface area contributed by atoms with Gasteiger partial charge >= 0.3 is 0 Å². The maximum Gasteiger partial charge on any atom is 0.279 e. The van der Waals surface area contributed by atoms with Crippen molar-refractivity contribution < 1.29 is 13.2 Å². The van der Waals surface area contributed by atoms with Gasteiger partial charge in [0, 0.05) is 22.3 Å². The van der Waals surface area contributed by atoms with Gasteiger partial charge in [0.1, 0.15) is 0 Å². The highest BCUT2D eigenvalue weighted by molar-refractivity contribution is 9.10. The Morgan fingerprint density at radius 3 is 2.41 bits per heavy atom. The zero-order valence-electron chi connectivity index (χ0n) is 17.4. The fourth-order valence-electron chi connectivity index (χ4n) is 3.20. The summed E-state index contributed by atoms with van der Waals surface area (Å²) in [6.45, 7) is 4.59. The average molecular weight is 530 g/mol. The first-order valence-electron chi connectivity index (χ1n) is 9.84. The molecule has 0 aliphatic carbocycles. The summed E-state index contributed by atoms with van der Waals surface area (Å²) >= 11 is 4.92. The lowest BCUT2D eigenvalue weighted by Gasteiger charge is -2.08. The molecule has 4 aromatic rings. The molecule has 0 bridgehead atoms. The minimum absolute atomic E-state index is 0.179. The number of carbonyl (C=O) groups excluding carboxylic acids is 1. The molecule has 0 spiro atoms. The Hall–Kier alpha value is -2.75. The summed E-state index contributed by atoms with van der Waals surface area (Å²) in [5, 5.41) is 0. The molecule has 1 amide bonds. The fourth-order valence-corrected chi connectivity index (χ4v) is 5.90. The molecule has 0 fully saturated rings. The Bertz CT molecular complexity index is 1470. The number of fused-ring (bicyclic) bond motifs is 1. The standard InChI is InChI=1S/C23H20BrN3O3S2/c1-3-27-20-13-8-17(24)14-21(20)31-23(27)25-22(28)16-6-9-18(10-7-16)26-32(29,30)19-11-4-15(2)5-12-19/h4-14,26H,3H2,1-2H3. The minimum atomic E-state index is -3.70. The van der Waals surface area contributed by atoms with Crippen LogP contribution in [0, 0.1) is 6.92 Å². The van der Waals surface area contributed by atoms with Crippen LogP contribution in [-0.2, 0) is 16.6 Å². The maximum atomic E-state index is 12.8. The van der Waals surface area contributed by atoms with Crippen LogP contribution in [0.5, 0.6) is 0 Å². The van der Waals surface area contributed by atoms with Crippen molar-refractivity contribution in [1.29, 1.82) is 0 Å². The third kappa shape index (κ3) is 4.69. The number of thiazole rings is 1. The van der Waals surface area contributed by atoms with Crippen molar-refractivity contribution in [3.8, 4) is 0 Å². The summed E-state index contributed by atoms with van der Waals surface area (Å²) in [7, 11) is -3.70.